The molecule has 0 spiro atoms. The van der Waals surface area contributed by atoms with Gasteiger partial charge in [-0.05, 0) is 196 Å². The monoisotopic (exact) mass is 1370 g/mol. The number of aliphatic hydroxyl groups excluding tert-OH is 2. The largest absolute Gasteiger partial charge is 0.511 e. The van der Waals surface area contributed by atoms with E-state index in [9.17, 15) is 29.7 Å². The van der Waals surface area contributed by atoms with Gasteiger partial charge in [0, 0.05) is 106 Å². The molecule has 16 bridgehead atoms. The molecule has 2 fully saturated rings. The van der Waals surface area contributed by atoms with Crippen molar-refractivity contribution in [2.75, 3.05) is 0 Å². The minimum Gasteiger partial charge on any atom is -0.511 e. The normalized spacial score (nSPS) is 22.3. The van der Waals surface area contributed by atoms with Crippen LogP contribution in [0.25, 0.3) is 11.1 Å². The van der Waals surface area contributed by atoms with Crippen molar-refractivity contribution in [2.45, 2.75) is 170 Å². The Morgan fingerprint density at radius 2 is 0.951 bits per heavy atom. The Morgan fingerprint density at radius 3 is 1.32 bits per heavy atom. The summed E-state index contributed by atoms with van der Waals surface area (Å²) < 4.78 is 5.14. The number of aliphatic imine (C=N–C) groups is 6. The fraction of sp³-hybridized carbons (Fsp3) is 0.365. The molecule has 5 N–H and O–H groups in total. The lowest BCUT2D eigenvalue weighted by Crippen LogP contribution is -2.16. The summed E-state index contributed by atoms with van der Waals surface area (Å²) in [5, 5.41) is 40.4. The number of nitrogens with one attached hydrogen (secondary N) is 2. The van der Waals surface area contributed by atoms with E-state index in [1.807, 2.05) is 25.1 Å². The number of hydrogen-bond donors (Lipinski definition) is 5. The molecule has 2 aromatic rings. The van der Waals surface area contributed by atoms with E-state index in [2.05, 4.69) is 150 Å². The smallest absolute Gasteiger partial charge is 0.373 e. The van der Waals surface area contributed by atoms with Crippen molar-refractivity contribution in [2.24, 2.45) is 65.5 Å². The van der Waals surface area contributed by atoms with Crippen LogP contribution in [0.3, 0.4) is 0 Å². The summed E-state index contributed by atoms with van der Waals surface area (Å²) in [5.74, 6) is 0.622. The number of carbonyl (C=O) groups is 3. The number of carboxylic acids is 1. The number of ketones is 1. The van der Waals surface area contributed by atoms with E-state index in [1.165, 1.54) is 27.9 Å². The van der Waals surface area contributed by atoms with Crippen LogP contribution in [0.5, 0.6) is 5.75 Å². The lowest BCUT2D eigenvalue weighted by molar-refractivity contribution is -0.191. The average molecular weight is 1370 g/mol. The zero-order chi connectivity index (χ0) is 72.5. The van der Waals surface area contributed by atoms with Gasteiger partial charge in [0.25, 0.3) is 6.47 Å². The van der Waals surface area contributed by atoms with E-state index < -0.39 is 5.97 Å². The number of Topliss-reactive ketones (excluding diaryl/α,β-unsaturated/α-hetero) is 1. The van der Waals surface area contributed by atoms with E-state index in [1.54, 1.807) is 19.1 Å². The van der Waals surface area contributed by atoms with Crippen molar-refractivity contribution in [3.8, 4) is 5.75 Å². The highest BCUT2D eigenvalue weighted by Crippen LogP contribution is 2.52. The van der Waals surface area contributed by atoms with Crippen molar-refractivity contribution in [3.63, 3.8) is 0 Å². The number of allylic oxidation sites excluding steroid dienone is 24. The van der Waals surface area contributed by atoms with Gasteiger partial charge in [0.05, 0.1) is 68.5 Å². The first-order chi connectivity index (χ1) is 48.2. The summed E-state index contributed by atoms with van der Waals surface area (Å²) in [6, 6.07) is 16.1. The van der Waals surface area contributed by atoms with Gasteiger partial charge in [0.1, 0.15) is 23.1 Å². The Balaban J connectivity index is 0.000000196. The number of nitrogens with zero attached hydrogens (tertiary/aromatic N) is 6. The van der Waals surface area contributed by atoms with Crippen molar-refractivity contribution in [3.05, 3.63) is 236 Å². The molecule has 17 heteroatoms. The number of carbonyl (C=O) groups excluding carboxylic acids is 4. The predicted molar refractivity (Wildman–Crippen MR) is 404 cm³/mol. The van der Waals surface area contributed by atoms with Gasteiger partial charge in [-0.15, -0.1) is 0 Å². The second-order valence-corrected chi connectivity index (χ2v) is 28.5. The number of aryl methyl sites for hydroxylation is 1. The first kappa shape index (κ1) is 72.7. The number of benzene rings is 2. The summed E-state index contributed by atoms with van der Waals surface area (Å²) in [7, 11) is 0. The van der Waals surface area contributed by atoms with Crippen LogP contribution in [0.1, 0.15) is 179 Å². The molecule has 0 saturated carbocycles. The number of rotatable bonds is 14. The third-order valence-corrected chi connectivity index (χ3v) is 21.8. The molecule has 0 aromatic heterocycles. The van der Waals surface area contributed by atoms with Gasteiger partial charge in [-0.3, -0.25) is 9.59 Å². The number of aliphatic hydroxyl groups is 2. The predicted octanol–water partition coefficient (Wildman–Crippen LogP) is 17.8. The fourth-order valence-corrected chi connectivity index (χ4v) is 16.7. The van der Waals surface area contributed by atoms with Gasteiger partial charge >= 0.3 is 12.1 Å². The maximum atomic E-state index is 12.4. The molecule has 17 nitrogen and oxygen atoms in total. The first-order valence-electron chi connectivity index (χ1n) is 35.2. The summed E-state index contributed by atoms with van der Waals surface area (Å²) in [5.41, 5.74) is 34.1. The minimum absolute atomic E-state index is 0. The molecule has 526 valence electrons. The molecular weight excluding hydrogens is 1280 g/mol. The summed E-state index contributed by atoms with van der Waals surface area (Å²) in [6.45, 7) is 34.4. The number of carboxylic acid groups (broad SMARTS) is 1. The van der Waals surface area contributed by atoms with Crippen LogP contribution >= 0.6 is 0 Å². The van der Waals surface area contributed by atoms with Crippen LogP contribution in [0.15, 0.2) is 249 Å². The van der Waals surface area contributed by atoms with Crippen LogP contribution in [0, 0.1) is 42.4 Å². The molecule has 2 saturated heterocycles. The molecule has 2 aliphatic carbocycles. The summed E-state index contributed by atoms with van der Waals surface area (Å²) in [6.07, 6.45) is 12.6. The van der Waals surface area contributed by atoms with E-state index in [0.29, 0.717) is 50.1 Å². The maximum Gasteiger partial charge on any atom is 0.373 e. The molecule has 4 atom stereocenters. The second kappa shape index (κ2) is 28.9. The lowest BCUT2D eigenvalue weighted by atomic mass is 9.83. The van der Waals surface area contributed by atoms with Gasteiger partial charge in [0.15, 0.2) is 0 Å². The van der Waals surface area contributed by atoms with Gasteiger partial charge in [-0.1, -0.05) is 105 Å². The molecule has 10 aliphatic heterocycles. The average Bonchev–Trinajstić information content (AvgIpc) is 1.58. The first-order valence-corrected chi connectivity index (χ1v) is 35.2. The zero-order valence-corrected chi connectivity index (χ0v) is 60.6. The van der Waals surface area contributed by atoms with Crippen LogP contribution in [0.4, 0.5) is 0 Å². The molecular formula is C85H92N8O9. The highest BCUT2D eigenvalue weighted by molar-refractivity contribution is 6.36. The SMILES string of the molecule is C.CCC1=C(C)C2=NC1=CC1=C(C)C3=C(O)CC(=C4NC(=C(c5ccc(C)cc5)C5=NC(=C2)C(C(C)C)=C5C)[C@@H](C)[C@@H]4CCC(C)=O)C3=N1.CCC1=C(C)C2=NC1=CC1=C(C)C3=C(O)CC(=C4NC(=C(c5ccc(OC=O)cc5)C5=NC(=C2)C(C(C)C)=C5C)[C@@H](C)[C@@H]4CCC(=O)O)C3=N1.O=C=O. The highest BCUT2D eigenvalue weighted by Gasteiger charge is 2.46. The molecule has 0 radical (unpaired) electrons. The Labute approximate surface area is 598 Å². The highest BCUT2D eigenvalue weighted by atomic mass is 16.5. The van der Waals surface area contributed by atoms with Crippen LogP contribution in [0.2, 0.25) is 0 Å². The summed E-state index contributed by atoms with van der Waals surface area (Å²) >= 11 is 0. The molecule has 10 heterocycles. The Morgan fingerprint density at radius 1 is 0.549 bits per heavy atom. The quantitative estimate of drug-likeness (QED) is 0.111. The van der Waals surface area contributed by atoms with E-state index in [-0.39, 0.29) is 67.0 Å². The van der Waals surface area contributed by atoms with Crippen molar-refractivity contribution in [1.82, 2.24) is 10.6 Å². The van der Waals surface area contributed by atoms with Crippen LogP contribution in [-0.4, -0.2) is 74.0 Å². The molecule has 102 heavy (non-hydrogen) atoms. The number of hydrogen-bond acceptors (Lipinski definition) is 16. The fourth-order valence-electron chi connectivity index (χ4n) is 16.7. The van der Waals surface area contributed by atoms with E-state index >= 15 is 0 Å². The molecule has 0 amide bonds. The zero-order valence-electron chi connectivity index (χ0n) is 60.6. The van der Waals surface area contributed by atoms with Gasteiger partial charge in [0.2, 0.25) is 0 Å². The number of ether oxygens (including phenoxy) is 1. The lowest BCUT2D eigenvalue weighted by Gasteiger charge is -2.19. The third kappa shape index (κ3) is 12.7. The Bertz CT molecular complexity index is 4880. The summed E-state index contributed by atoms with van der Waals surface area (Å²) in [4.78, 5) is 83.3. The van der Waals surface area contributed by atoms with Gasteiger partial charge in [-0.25, -0.2) is 30.0 Å². The molecule has 0 unspecified atom stereocenters. The number of fused-ring (bicyclic) bond motifs is 10. The van der Waals surface area contributed by atoms with Gasteiger partial charge < -0.3 is 35.5 Å². The van der Waals surface area contributed by atoms with Gasteiger partial charge in [-0.2, -0.15) is 9.59 Å². The van der Waals surface area contributed by atoms with E-state index in [0.717, 1.165) is 182 Å². The van der Waals surface area contributed by atoms with Crippen molar-refractivity contribution in [1.29, 1.82) is 0 Å². The Kier molecular flexibility index (Phi) is 20.6. The molecule has 14 rings (SSSR count). The Hall–Kier alpha value is -10.5. The molecule has 12 aliphatic rings. The second-order valence-electron chi connectivity index (χ2n) is 28.5. The topological polar surface area (TPSA) is 253 Å². The van der Waals surface area contributed by atoms with E-state index in [4.69, 9.17) is 44.3 Å². The maximum absolute atomic E-state index is 12.4. The van der Waals surface area contributed by atoms with Crippen molar-refractivity contribution < 1.29 is 44.0 Å². The minimum atomic E-state index is -0.859. The van der Waals surface area contributed by atoms with Crippen molar-refractivity contribution >= 4 is 69.8 Å². The molecule has 2 aromatic carbocycles. The number of aliphatic carboxylic acids is 1. The standard InChI is InChI=1S/C42H46N4O2.C41H42N4O5.CO2.CH4/c1-10-28-23(6)31-19-34-36(20(2)3)26(9)40(45-34)38(27-14-11-21(4)12-15-27)39-24(7)29(16-13-22(5)47)41(46-39)30-17-35(48)37-25(8)32(44-42(30)37)18-33(28)43-31;1-8-26-20(4)29-17-32-35(19(2)3)23(7)39(44-32)37(24-9-11-25(12-10-24)50-18-46)38-21(5)27(13-14-34(48)49)40(45-38)28-15-33(47)36-22(6)30(43-41(28)36)16-31(26)42-29;2-1-3;/h11-12,14-15,18-20,24,29,46,48H,10,13,16-17H2,1-9H3;9-12,16-19,21,27,45,47H,8,13-15H2,1-7H3,(H,48,49);;1H4/t24-,29-;21-,27-;;/m00../s1. The van der Waals surface area contributed by atoms with Crippen LogP contribution < -0.4 is 15.4 Å². The third-order valence-electron chi connectivity index (χ3n) is 21.8. The van der Waals surface area contributed by atoms with Crippen LogP contribution in [-0.2, 0) is 24.0 Å².